The number of rotatable bonds is 5. The molecule has 26 heavy (non-hydrogen) atoms. The molecule has 2 heterocycles. The highest BCUT2D eigenvalue weighted by molar-refractivity contribution is 5.78. The van der Waals surface area contributed by atoms with Gasteiger partial charge in [0.25, 0.3) is 0 Å². The molecule has 1 aliphatic heterocycles. The Balaban J connectivity index is 1.71. The highest BCUT2D eigenvalue weighted by Gasteiger charge is 2.29. The molecule has 3 rings (SSSR count). The number of fused-ring (bicyclic) bond motifs is 1. The van der Waals surface area contributed by atoms with Gasteiger partial charge in [0, 0.05) is 40.2 Å². The fourth-order valence-electron chi connectivity index (χ4n) is 3.59. The first-order chi connectivity index (χ1) is 12.4. The van der Waals surface area contributed by atoms with Crippen molar-refractivity contribution < 1.29 is 4.79 Å². The van der Waals surface area contributed by atoms with Gasteiger partial charge in [0.2, 0.25) is 5.91 Å². The molecule has 0 spiro atoms. The van der Waals surface area contributed by atoms with Gasteiger partial charge in [-0.05, 0) is 31.6 Å². The predicted molar refractivity (Wildman–Crippen MR) is 99.6 cm³/mol. The second-order valence-electron chi connectivity index (χ2n) is 7.37. The van der Waals surface area contributed by atoms with E-state index < -0.39 is 0 Å². The monoisotopic (exact) mass is 357 g/mol. The van der Waals surface area contributed by atoms with Crippen molar-refractivity contribution >= 4 is 5.91 Å². The molecule has 0 aliphatic carbocycles. The Hall–Kier alpha value is -2.41. The van der Waals surface area contributed by atoms with E-state index in [1.165, 1.54) is 10.2 Å². The largest absolute Gasteiger partial charge is 0.345 e. The number of amides is 1. The minimum Gasteiger partial charge on any atom is -0.341 e. The number of hydrogen-bond donors (Lipinski definition) is 0. The van der Waals surface area contributed by atoms with Crippen molar-refractivity contribution in [2.45, 2.75) is 32.5 Å². The molecule has 0 unspecified atom stereocenters. The quantitative estimate of drug-likeness (QED) is 0.796. The fourth-order valence-corrected chi connectivity index (χ4v) is 3.59. The zero-order valence-corrected chi connectivity index (χ0v) is 16.0. The Morgan fingerprint density at radius 2 is 1.85 bits per heavy atom. The summed E-state index contributed by atoms with van der Waals surface area (Å²) in [6.45, 7) is 1.84. The van der Waals surface area contributed by atoms with Crippen LogP contribution in [-0.4, -0.2) is 51.2 Å². The lowest BCUT2D eigenvalue weighted by Crippen LogP contribution is -2.39. The van der Waals surface area contributed by atoms with Crippen molar-refractivity contribution in [2.75, 3.05) is 21.1 Å². The van der Waals surface area contributed by atoms with E-state index >= 15 is 0 Å². The van der Waals surface area contributed by atoms with Crippen LogP contribution in [0, 0.1) is 5.92 Å². The molecule has 0 saturated heterocycles. The van der Waals surface area contributed by atoms with Crippen LogP contribution in [0.4, 0.5) is 0 Å². The standard InChI is InChI=1S/C19H27N5O2/c1-21(2)11-14-7-5-6-8-15(14)12-22(3)18(25)16-9-10-17-20-23(4)19(26)24(17)13-16/h5-8,16H,9-13H2,1-4H3/t16-/m0/s1. The highest BCUT2D eigenvalue weighted by atomic mass is 16.2. The molecule has 2 aromatic rings. The van der Waals surface area contributed by atoms with E-state index in [1.807, 2.05) is 33.3 Å². The van der Waals surface area contributed by atoms with E-state index in [9.17, 15) is 9.59 Å². The molecule has 1 atom stereocenters. The minimum atomic E-state index is -0.171. The lowest BCUT2D eigenvalue weighted by molar-refractivity contribution is -0.135. The molecule has 1 aliphatic rings. The van der Waals surface area contributed by atoms with Crippen molar-refractivity contribution in [1.29, 1.82) is 0 Å². The number of benzene rings is 1. The molecule has 1 amide bonds. The highest BCUT2D eigenvalue weighted by Crippen LogP contribution is 2.20. The summed E-state index contributed by atoms with van der Waals surface area (Å²) in [4.78, 5) is 29.0. The van der Waals surface area contributed by atoms with E-state index in [1.54, 1.807) is 16.5 Å². The van der Waals surface area contributed by atoms with E-state index in [-0.39, 0.29) is 17.5 Å². The molecule has 140 valence electrons. The van der Waals surface area contributed by atoms with Crippen LogP contribution in [0.1, 0.15) is 23.4 Å². The van der Waals surface area contributed by atoms with Crippen LogP contribution in [0.5, 0.6) is 0 Å². The van der Waals surface area contributed by atoms with Gasteiger partial charge in [0.05, 0.1) is 5.92 Å². The summed E-state index contributed by atoms with van der Waals surface area (Å²) in [6, 6.07) is 8.22. The van der Waals surface area contributed by atoms with Crippen LogP contribution in [0.25, 0.3) is 0 Å². The topological polar surface area (TPSA) is 63.4 Å². The number of carbonyl (C=O) groups excluding carboxylic acids is 1. The van der Waals surface area contributed by atoms with Crippen molar-refractivity contribution in [3.05, 3.63) is 51.7 Å². The van der Waals surface area contributed by atoms with E-state index in [0.29, 0.717) is 19.5 Å². The van der Waals surface area contributed by atoms with Gasteiger partial charge in [0.1, 0.15) is 5.82 Å². The molecule has 0 saturated carbocycles. The molecular formula is C19H27N5O2. The maximum absolute atomic E-state index is 12.9. The summed E-state index contributed by atoms with van der Waals surface area (Å²) in [5.41, 5.74) is 2.25. The third-order valence-corrected chi connectivity index (χ3v) is 4.94. The summed E-state index contributed by atoms with van der Waals surface area (Å²) >= 11 is 0. The first kappa shape index (κ1) is 18.4. The number of aromatic nitrogens is 3. The van der Waals surface area contributed by atoms with Crippen molar-refractivity contribution in [1.82, 2.24) is 24.1 Å². The Kier molecular flexibility index (Phi) is 5.27. The number of nitrogens with zero attached hydrogens (tertiary/aromatic N) is 5. The third kappa shape index (κ3) is 3.72. The van der Waals surface area contributed by atoms with Gasteiger partial charge < -0.3 is 9.80 Å². The van der Waals surface area contributed by atoms with Gasteiger partial charge in [-0.1, -0.05) is 24.3 Å². The molecule has 7 heteroatoms. The Morgan fingerprint density at radius 3 is 2.50 bits per heavy atom. The van der Waals surface area contributed by atoms with Crippen LogP contribution < -0.4 is 5.69 Å². The Bertz CT molecular complexity index is 852. The van der Waals surface area contributed by atoms with Crippen LogP contribution in [0.2, 0.25) is 0 Å². The summed E-state index contributed by atoms with van der Waals surface area (Å²) in [6.07, 6.45) is 1.40. The smallest absolute Gasteiger partial charge is 0.341 e. The van der Waals surface area contributed by atoms with E-state index in [4.69, 9.17) is 0 Å². The molecule has 1 aromatic carbocycles. The van der Waals surface area contributed by atoms with Crippen LogP contribution in [0.3, 0.4) is 0 Å². The maximum atomic E-state index is 12.9. The summed E-state index contributed by atoms with van der Waals surface area (Å²) in [7, 11) is 7.57. The molecule has 1 aromatic heterocycles. The van der Waals surface area contributed by atoms with Crippen LogP contribution in [-0.2, 0) is 37.9 Å². The normalized spacial score (nSPS) is 16.6. The van der Waals surface area contributed by atoms with Gasteiger partial charge in [-0.25, -0.2) is 9.48 Å². The van der Waals surface area contributed by atoms with Gasteiger partial charge in [-0.15, -0.1) is 0 Å². The zero-order chi connectivity index (χ0) is 18.8. The second kappa shape index (κ2) is 7.45. The Morgan fingerprint density at radius 1 is 1.19 bits per heavy atom. The summed E-state index contributed by atoms with van der Waals surface area (Å²) in [5.74, 6) is 0.696. The van der Waals surface area contributed by atoms with Crippen molar-refractivity contribution in [3.8, 4) is 0 Å². The number of hydrogen-bond acceptors (Lipinski definition) is 4. The van der Waals surface area contributed by atoms with E-state index in [0.717, 1.165) is 24.4 Å². The molecule has 0 radical (unpaired) electrons. The third-order valence-electron chi connectivity index (χ3n) is 4.94. The van der Waals surface area contributed by atoms with Crippen molar-refractivity contribution in [3.63, 3.8) is 0 Å². The first-order valence-electron chi connectivity index (χ1n) is 8.96. The molecular weight excluding hydrogens is 330 g/mol. The summed E-state index contributed by atoms with van der Waals surface area (Å²) < 4.78 is 2.99. The molecule has 0 fully saturated rings. The molecule has 0 bridgehead atoms. The Labute approximate surface area is 153 Å². The fraction of sp³-hybridized carbons (Fsp3) is 0.526. The lowest BCUT2D eigenvalue weighted by atomic mass is 9.97. The first-order valence-corrected chi connectivity index (χ1v) is 8.96. The predicted octanol–water partition coefficient (Wildman–Crippen LogP) is 0.864. The van der Waals surface area contributed by atoms with Gasteiger partial charge in [0.15, 0.2) is 0 Å². The van der Waals surface area contributed by atoms with E-state index in [2.05, 4.69) is 22.1 Å². The SMILES string of the molecule is CN(C)Cc1ccccc1CN(C)C(=O)[C@H]1CCc2nn(C)c(=O)n2C1. The van der Waals surface area contributed by atoms with Gasteiger partial charge in [-0.2, -0.15) is 5.10 Å². The molecule has 7 nitrogen and oxygen atoms in total. The lowest BCUT2D eigenvalue weighted by Gasteiger charge is -2.27. The maximum Gasteiger partial charge on any atom is 0.345 e. The van der Waals surface area contributed by atoms with Crippen molar-refractivity contribution in [2.24, 2.45) is 13.0 Å². The zero-order valence-electron chi connectivity index (χ0n) is 16.0. The van der Waals surface area contributed by atoms with Gasteiger partial charge >= 0.3 is 5.69 Å². The minimum absolute atomic E-state index is 0.0889. The number of carbonyl (C=O) groups is 1. The second-order valence-corrected chi connectivity index (χ2v) is 7.37. The van der Waals surface area contributed by atoms with Crippen LogP contribution >= 0.6 is 0 Å². The molecule has 0 N–H and O–H groups in total. The average molecular weight is 357 g/mol. The summed E-state index contributed by atoms with van der Waals surface area (Å²) in [5, 5.41) is 4.23. The average Bonchev–Trinajstić information content (AvgIpc) is 2.89. The number of aryl methyl sites for hydroxylation is 2. The van der Waals surface area contributed by atoms with Crippen LogP contribution in [0.15, 0.2) is 29.1 Å². The van der Waals surface area contributed by atoms with Gasteiger partial charge in [-0.3, -0.25) is 9.36 Å².